The second-order valence-electron chi connectivity index (χ2n) is 5.86. The van der Waals surface area contributed by atoms with Gasteiger partial charge in [0.25, 0.3) is 0 Å². The first kappa shape index (κ1) is 21.5. The molecule has 7 heteroatoms. The van der Waals surface area contributed by atoms with Crippen molar-refractivity contribution >= 4 is 39.5 Å². The van der Waals surface area contributed by atoms with Crippen LogP contribution in [0.5, 0.6) is 11.5 Å². The lowest BCUT2D eigenvalue weighted by Crippen LogP contribution is -2.31. The van der Waals surface area contributed by atoms with Gasteiger partial charge in [0.2, 0.25) is 11.8 Å². The lowest BCUT2D eigenvalue weighted by molar-refractivity contribution is -0.121. The molecule has 0 aliphatic carbocycles. The van der Waals surface area contributed by atoms with E-state index in [0.29, 0.717) is 23.8 Å². The Hall–Kier alpha value is -2.80. The van der Waals surface area contributed by atoms with E-state index in [-0.39, 0.29) is 18.4 Å². The number of nitrogens with one attached hydrogen (secondary N) is 2. The van der Waals surface area contributed by atoms with Gasteiger partial charge in [-0.2, -0.15) is 0 Å². The van der Waals surface area contributed by atoms with Gasteiger partial charge in [-0.1, -0.05) is 28.9 Å². The average molecular weight is 447 g/mol. The van der Waals surface area contributed by atoms with Gasteiger partial charge in [-0.05, 0) is 54.5 Å². The minimum Gasteiger partial charge on any atom is -0.493 e. The smallest absolute Gasteiger partial charge is 0.244 e. The summed E-state index contributed by atoms with van der Waals surface area (Å²) in [6.45, 7) is 2.52. The fourth-order valence-corrected chi connectivity index (χ4v) is 2.52. The molecule has 28 heavy (non-hydrogen) atoms. The standard InChI is InChI=1S/C21H23BrN2O4/c1-3-12-28-18-10-4-15(13-19(18)27-2)5-11-20(25)23-14-21(26)24-17-8-6-16(22)7-9-17/h4-11,13H,3,12,14H2,1-2H3,(H,23,25)(H,24,26)/b11-5+. The van der Waals surface area contributed by atoms with Gasteiger partial charge >= 0.3 is 0 Å². The predicted octanol–water partition coefficient (Wildman–Crippen LogP) is 4.01. The molecule has 0 aliphatic heterocycles. The predicted molar refractivity (Wildman–Crippen MR) is 114 cm³/mol. The Morgan fingerprint density at radius 3 is 2.54 bits per heavy atom. The summed E-state index contributed by atoms with van der Waals surface area (Å²) in [6.07, 6.45) is 3.92. The normalized spacial score (nSPS) is 10.5. The van der Waals surface area contributed by atoms with Crippen LogP contribution in [0.1, 0.15) is 18.9 Å². The van der Waals surface area contributed by atoms with Crippen LogP contribution in [0.4, 0.5) is 5.69 Å². The largest absolute Gasteiger partial charge is 0.493 e. The zero-order valence-corrected chi connectivity index (χ0v) is 17.4. The summed E-state index contributed by atoms with van der Waals surface area (Å²) in [7, 11) is 1.57. The summed E-state index contributed by atoms with van der Waals surface area (Å²) in [5.74, 6) is 0.597. The minimum absolute atomic E-state index is 0.119. The third kappa shape index (κ3) is 7.08. The van der Waals surface area contributed by atoms with E-state index in [0.717, 1.165) is 16.5 Å². The summed E-state index contributed by atoms with van der Waals surface area (Å²) in [5.41, 5.74) is 1.45. The van der Waals surface area contributed by atoms with Crippen molar-refractivity contribution in [2.45, 2.75) is 13.3 Å². The van der Waals surface area contributed by atoms with E-state index in [1.54, 1.807) is 37.5 Å². The third-order valence-corrected chi connectivity index (χ3v) is 4.16. The van der Waals surface area contributed by atoms with E-state index in [1.807, 2.05) is 25.1 Å². The van der Waals surface area contributed by atoms with Crippen LogP contribution in [-0.4, -0.2) is 32.1 Å². The van der Waals surface area contributed by atoms with Crippen LogP contribution in [0.15, 0.2) is 53.0 Å². The van der Waals surface area contributed by atoms with E-state index >= 15 is 0 Å². The maximum atomic E-state index is 11.9. The van der Waals surface area contributed by atoms with Crippen molar-refractivity contribution in [3.8, 4) is 11.5 Å². The fraction of sp³-hybridized carbons (Fsp3) is 0.238. The highest BCUT2D eigenvalue weighted by Crippen LogP contribution is 2.28. The molecule has 2 aromatic carbocycles. The van der Waals surface area contributed by atoms with E-state index in [4.69, 9.17) is 9.47 Å². The molecule has 0 heterocycles. The molecule has 0 radical (unpaired) electrons. The van der Waals surface area contributed by atoms with Gasteiger partial charge in [-0.15, -0.1) is 0 Å². The Morgan fingerprint density at radius 1 is 1.11 bits per heavy atom. The van der Waals surface area contributed by atoms with E-state index in [2.05, 4.69) is 26.6 Å². The number of halogens is 1. The summed E-state index contributed by atoms with van der Waals surface area (Å²) in [4.78, 5) is 23.8. The highest BCUT2D eigenvalue weighted by molar-refractivity contribution is 9.10. The molecule has 0 fully saturated rings. The Bertz CT molecular complexity index is 835. The minimum atomic E-state index is -0.365. The number of amides is 2. The summed E-state index contributed by atoms with van der Waals surface area (Å²) in [5, 5.41) is 5.26. The topological polar surface area (TPSA) is 76.7 Å². The van der Waals surface area contributed by atoms with Crippen LogP contribution >= 0.6 is 15.9 Å². The number of carbonyl (C=O) groups excluding carboxylic acids is 2. The van der Waals surface area contributed by atoms with Crippen molar-refractivity contribution in [1.29, 1.82) is 0 Å². The molecule has 2 aromatic rings. The molecular formula is C21H23BrN2O4. The van der Waals surface area contributed by atoms with Gasteiger partial charge < -0.3 is 20.1 Å². The van der Waals surface area contributed by atoms with Crippen molar-refractivity contribution in [3.05, 3.63) is 58.6 Å². The van der Waals surface area contributed by atoms with Gasteiger partial charge in [-0.3, -0.25) is 9.59 Å². The Balaban J connectivity index is 1.85. The van der Waals surface area contributed by atoms with Gasteiger partial charge in [0.15, 0.2) is 11.5 Å². The fourth-order valence-electron chi connectivity index (χ4n) is 2.26. The number of hydrogen-bond acceptors (Lipinski definition) is 4. The van der Waals surface area contributed by atoms with Crippen LogP contribution in [0, 0.1) is 0 Å². The molecule has 0 saturated heterocycles. The van der Waals surface area contributed by atoms with Crippen molar-refractivity contribution < 1.29 is 19.1 Å². The summed E-state index contributed by atoms with van der Waals surface area (Å²) < 4.78 is 11.8. The van der Waals surface area contributed by atoms with Gasteiger partial charge in [0.1, 0.15) is 0 Å². The average Bonchev–Trinajstić information content (AvgIpc) is 2.71. The second kappa shape index (κ2) is 11.1. The van der Waals surface area contributed by atoms with Crippen LogP contribution < -0.4 is 20.1 Å². The maximum Gasteiger partial charge on any atom is 0.244 e. The SMILES string of the molecule is CCCOc1ccc(/C=C/C(=O)NCC(=O)Nc2ccc(Br)cc2)cc1OC. The molecule has 0 spiro atoms. The lowest BCUT2D eigenvalue weighted by Gasteiger charge is -2.10. The first-order valence-corrected chi connectivity index (χ1v) is 9.63. The number of ether oxygens (including phenoxy) is 2. The van der Waals surface area contributed by atoms with E-state index in [1.165, 1.54) is 6.08 Å². The molecule has 0 bridgehead atoms. The van der Waals surface area contributed by atoms with Crippen molar-refractivity contribution in [2.24, 2.45) is 0 Å². The van der Waals surface area contributed by atoms with Crippen LogP contribution in [0.25, 0.3) is 6.08 Å². The molecular weight excluding hydrogens is 424 g/mol. The van der Waals surface area contributed by atoms with Gasteiger partial charge in [0.05, 0.1) is 20.3 Å². The summed E-state index contributed by atoms with van der Waals surface area (Å²) in [6, 6.07) is 12.6. The number of rotatable bonds is 9. The number of hydrogen-bond donors (Lipinski definition) is 2. The number of carbonyl (C=O) groups is 2. The van der Waals surface area contributed by atoms with E-state index in [9.17, 15) is 9.59 Å². The van der Waals surface area contributed by atoms with Crippen molar-refractivity contribution in [2.75, 3.05) is 25.6 Å². The number of anilines is 1. The highest BCUT2D eigenvalue weighted by atomic mass is 79.9. The van der Waals surface area contributed by atoms with Crippen molar-refractivity contribution in [3.63, 3.8) is 0 Å². The monoisotopic (exact) mass is 446 g/mol. The molecule has 2 amide bonds. The molecule has 0 atom stereocenters. The number of methoxy groups -OCH3 is 1. The van der Waals surface area contributed by atoms with E-state index < -0.39 is 0 Å². The molecule has 0 saturated carbocycles. The molecule has 0 unspecified atom stereocenters. The van der Waals surface area contributed by atoms with Gasteiger partial charge in [0, 0.05) is 16.2 Å². The molecule has 0 aromatic heterocycles. The zero-order chi connectivity index (χ0) is 20.4. The molecule has 2 N–H and O–H groups in total. The Morgan fingerprint density at radius 2 is 1.86 bits per heavy atom. The van der Waals surface area contributed by atoms with Crippen LogP contribution in [0.3, 0.4) is 0 Å². The quantitative estimate of drug-likeness (QED) is 0.570. The first-order valence-electron chi connectivity index (χ1n) is 8.84. The highest BCUT2D eigenvalue weighted by Gasteiger charge is 2.06. The first-order chi connectivity index (χ1) is 13.5. The third-order valence-electron chi connectivity index (χ3n) is 3.63. The molecule has 0 aliphatic rings. The maximum absolute atomic E-state index is 11.9. The van der Waals surface area contributed by atoms with Crippen LogP contribution in [-0.2, 0) is 9.59 Å². The molecule has 2 rings (SSSR count). The Labute approximate surface area is 173 Å². The molecule has 148 valence electrons. The lowest BCUT2D eigenvalue weighted by atomic mass is 10.2. The summed E-state index contributed by atoms with van der Waals surface area (Å²) >= 11 is 3.33. The van der Waals surface area contributed by atoms with Gasteiger partial charge in [-0.25, -0.2) is 0 Å². The second-order valence-corrected chi connectivity index (χ2v) is 6.78. The molecule has 6 nitrogen and oxygen atoms in total. The van der Waals surface area contributed by atoms with Crippen LogP contribution in [0.2, 0.25) is 0 Å². The van der Waals surface area contributed by atoms with Crippen molar-refractivity contribution in [1.82, 2.24) is 5.32 Å². The zero-order valence-electron chi connectivity index (χ0n) is 15.8. The Kier molecular flexibility index (Phi) is 8.55. The number of benzene rings is 2.